The number of nitrogens with one attached hydrogen (secondary N) is 1. The van der Waals surface area contributed by atoms with E-state index in [9.17, 15) is 9.90 Å². The maximum Gasteiger partial charge on any atom is 0.410 e. The normalized spacial score (nSPS) is 16.7. The summed E-state index contributed by atoms with van der Waals surface area (Å²) < 4.78 is 25.9. The van der Waals surface area contributed by atoms with E-state index in [1.165, 1.54) is 0 Å². The van der Waals surface area contributed by atoms with Crippen LogP contribution in [0.3, 0.4) is 0 Å². The number of anilines is 3. The topological polar surface area (TPSA) is 141 Å². The van der Waals surface area contributed by atoms with E-state index in [2.05, 4.69) is 21.3 Å². The van der Waals surface area contributed by atoms with Gasteiger partial charge < -0.3 is 43.7 Å². The predicted molar refractivity (Wildman–Crippen MR) is 177 cm³/mol. The Bertz CT molecular complexity index is 1770. The molecule has 250 valence electrons. The third kappa shape index (κ3) is 6.50. The summed E-state index contributed by atoms with van der Waals surface area (Å²) >= 11 is 0. The summed E-state index contributed by atoms with van der Waals surface area (Å²) in [5.41, 5.74) is 2.97. The molecular weight excluding hydrogens is 604 g/mol. The molecule has 1 atom stereocenters. The Kier molecular flexibility index (Phi) is 8.86. The summed E-state index contributed by atoms with van der Waals surface area (Å²) in [4.78, 5) is 26.0. The lowest BCUT2D eigenvalue weighted by molar-refractivity contribution is 0.0270. The molecule has 6 rings (SSSR count). The Morgan fingerprint density at radius 1 is 1.09 bits per heavy atom. The first-order chi connectivity index (χ1) is 22.6. The molecule has 0 saturated carbocycles. The number of rotatable bonds is 9. The van der Waals surface area contributed by atoms with Gasteiger partial charge in [-0.15, -0.1) is 5.10 Å². The van der Waals surface area contributed by atoms with Gasteiger partial charge in [0.25, 0.3) is 0 Å². The van der Waals surface area contributed by atoms with Crippen molar-refractivity contribution in [2.75, 3.05) is 57.8 Å². The summed E-state index contributed by atoms with van der Waals surface area (Å²) in [5, 5.41) is 18.5. The van der Waals surface area contributed by atoms with E-state index >= 15 is 0 Å². The minimum Gasteiger partial charge on any atom is -0.493 e. The van der Waals surface area contributed by atoms with Crippen LogP contribution in [-0.4, -0.2) is 99.5 Å². The average molecular weight is 647 g/mol. The number of amides is 1. The Morgan fingerprint density at radius 3 is 2.49 bits per heavy atom. The number of methoxy groups -OCH3 is 3. The molecule has 47 heavy (non-hydrogen) atoms. The fourth-order valence-electron chi connectivity index (χ4n) is 5.99. The second-order valence-electron chi connectivity index (χ2n) is 12.5. The van der Waals surface area contributed by atoms with Crippen LogP contribution >= 0.6 is 0 Å². The zero-order valence-corrected chi connectivity index (χ0v) is 27.7. The molecule has 2 aliphatic rings. The molecule has 14 nitrogen and oxygen atoms in total. The zero-order valence-electron chi connectivity index (χ0n) is 27.7. The Labute approximate surface area is 273 Å². The van der Waals surface area contributed by atoms with Crippen LogP contribution in [0.15, 0.2) is 42.9 Å². The largest absolute Gasteiger partial charge is 0.493 e. The molecule has 0 radical (unpaired) electrons. The van der Waals surface area contributed by atoms with Crippen LogP contribution in [0.25, 0.3) is 16.8 Å². The van der Waals surface area contributed by atoms with Crippen molar-refractivity contribution >= 4 is 34.8 Å². The molecule has 2 N–H and O–H groups in total. The van der Waals surface area contributed by atoms with Crippen LogP contribution in [0.2, 0.25) is 0 Å². The highest BCUT2D eigenvalue weighted by atomic mass is 16.6. The number of aliphatic hydroxyl groups excluding tert-OH is 1. The van der Waals surface area contributed by atoms with Crippen LogP contribution in [0.5, 0.6) is 17.2 Å². The number of hydrogen-bond donors (Lipinski definition) is 2. The maximum absolute atomic E-state index is 12.7. The number of ether oxygens (including phenoxy) is 4. The number of fused-ring (bicyclic) bond motifs is 1. The van der Waals surface area contributed by atoms with E-state index in [0.29, 0.717) is 54.3 Å². The summed E-state index contributed by atoms with van der Waals surface area (Å²) in [6.45, 7) is 7.34. The van der Waals surface area contributed by atoms with E-state index in [4.69, 9.17) is 29.0 Å². The molecular formula is C33H42N8O6. The van der Waals surface area contributed by atoms with E-state index in [-0.39, 0.29) is 18.7 Å². The smallest absolute Gasteiger partial charge is 0.410 e. The summed E-state index contributed by atoms with van der Waals surface area (Å²) in [7, 11) is 4.72. The Morgan fingerprint density at radius 2 is 1.85 bits per heavy atom. The van der Waals surface area contributed by atoms with Gasteiger partial charge in [0.15, 0.2) is 17.3 Å². The monoisotopic (exact) mass is 646 g/mol. The summed E-state index contributed by atoms with van der Waals surface area (Å²) in [5.74, 6) is 3.23. The molecule has 14 heteroatoms. The van der Waals surface area contributed by atoms with Crippen molar-refractivity contribution in [2.45, 2.75) is 51.7 Å². The van der Waals surface area contributed by atoms with Gasteiger partial charge in [0.2, 0.25) is 11.7 Å². The van der Waals surface area contributed by atoms with E-state index < -0.39 is 5.60 Å². The number of nitrogens with zero attached hydrogens (tertiary/aromatic N) is 7. The van der Waals surface area contributed by atoms with E-state index in [1.807, 2.05) is 60.3 Å². The molecule has 1 amide bonds. The lowest BCUT2D eigenvalue weighted by Crippen LogP contribution is -2.39. The second-order valence-corrected chi connectivity index (χ2v) is 12.5. The highest BCUT2D eigenvalue weighted by Crippen LogP contribution is 2.39. The second kappa shape index (κ2) is 13.0. The fourth-order valence-corrected chi connectivity index (χ4v) is 5.99. The number of aliphatic hydroxyl groups is 1. The first-order valence-corrected chi connectivity index (χ1v) is 15.7. The van der Waals surface area contributed by atoms with E-state index in [0.717, 1.165) is 41.9 Å². The number of carbonyl (C=O) groups is 1. The standard InChI is InChI=1S/C33H42N8O6/c1-33(2,3)47-32(43)38-14-11-21(12-15-38)24-9-10-25-30(36-31(37-41(24)25)40-13-7-8-22(40)19-42)35-28-18-39(20-34-28)23-16-26(44-4)29(46-6)27(17-23)45-5/h9-11,16-18,20,22,42H,7-8,12-15,19H2,1-6H3,(H,35,36,37)/t22-/m0/s1. The minimum absolute atomic E-state index is 0.0214. The molecule has 1 saturated heterocycles. The average Bonchev–Trinajstić information content (AvgIpc) is 3.83. The van der Waals surface area contributed by atoms with Crippen molar-refractivity contribution in [2.24, 2.45) is 0 Å². The maximum atomic E-state index is 12.7. The molecule has 1 fully saturated rings. The van der Waals surface area contributed by atoms with Crippen LogP contribution in [0.4, 0.5) is 22.4 Å². The lowest BCUT2D eigenvalue weighted by atomic mass is 10.1. The van der Waals surface area contributed by atoms with Gasteiger partial charge in [0.05, 0.1) is 51.6 Å². The minimum atomic E-state index is -0.554. The summed E-state index contributed by atoms with van der Waals surface area (Å²) in [6, 6.07) is 7.63. The predicted octanol–water partition coefficient (Wildman–Crippen LogP) is 4.67. The lowest BCUT2D eigenvalue weighted by Gasteiger charge is -2.29. The first kappa shape index (κ1) is 32.0. The van der Waals surface area contributed by atoms with Gasteiger partial charge in [-0.25, -0.2) is 14.3 Å². The van der Waals surface area contributed by atoms with Crippen molar-refractivity contribution < 1.29 is 28.8 Å². The molecule has 0 unspecified atom stereocenters. The third-order valence-corrected chi connectivity index (χ3v) is 8.31. The van der Waals surface area contributed by atoms with Crippen LogP contribution in [0.1, 0.15) is 45.7 Å². The quantitative estimate of drug-likeness (QED) is 0.262. The number of carbonyl (C=O) groups excluding carboxylic acids is 1. The fraction of sp³-hybridized carbons (Fsp3) is 0.455. The van der Waals surface area contributed by atoms with Crippen molar-refractivity contribution in [3.05, 3.63) is 48.6 Å². The van der Waals surface area contributed by atoms with Gasteiger partial charge in [-0.1, -0.05) is 6.08 Å². The van der Waals surface area contributed by atoms with Gasteiger partial charge in [-0.2, -0.15) is 4.98 Å². The van der Waals surface area contributed by atoms with Gasteiger partial charge in [-0.3, -0.25) is 0 Å². The van der Waals surface area contributed by atoms with Crippen molar-refractivity contribution in [3.8, 4) is 22.9 Å². The number of hydrogen-bond acceptors (Lipinski definition) is 11. The Balaban J connectivity index is 1.34. The van der Waals surface area contributed by atoms with Crippen LogP contribution in [-0.2, 0) is 4.74 Å². The first-order valence-electron chi connectivity index (χ1n) is 15.7. The molecule has 3 aromatic heterocycles. The third-order valence-electron chi connectivity index (χ3n) is 8.31. The van der Waals surface area contributed by atoms with Crippen molar-refractivity contribution in [3.63, 3.8) is 0 Å². The summed E-state index contributed by atoms with van der Waals surface area (Å²) in [6.07, 6.45) is 7.73. The number of imidazole rings is 1. The SMILES string of the molecule is COc1cc(-n2cnc(Nc3nc(N4CCC[C@H]4CO)nn4c(C5=CCN(C(=O)OC(C)(C)C)CC5)ccc34)c2)cc(OC)c1OC. The van der Waals surface area contributed by atoms with E-state index in [1.54, 1.807) is 32.6 Å². The van der Waals surface area contributed by atoms with Crippen LogP contribution in [0, 0.1) is 0 Å². The van der Waals surface area contributed by atoms with Gasteiger partial charge in [0.1, 0.15) is 23.3 Å². The van der Waals surface area contributed by atoms with Crippen molar-refractivity contribution in [1.82, 2.24) is 29.0 Å². The molecule has 5 heterocycles. The Hall–Kier alpha value is -4.98. The molecule has 2 aliphatic heterocycles. The number of aromatic nitrogens is 5. The van der Waals surface area contributed by atoms with Gasteiger partial charge in [-0.05, 0) is 57.7 Å². The van der Waals surface area contributed by atoms with Gasteiger partial charge >= 0.3 is 6.09 Å². The number of benzene rings is 1. The molecule has 0 aliphatic carbocycles. The van der Waals surface area contributed by atoms with Crippen molar-refractivity contribution in [1.29, 1.82) is 0 Å². The molecule has 4 aromatic rings. The molecule has 0 spiro atoms. The highest BCUT2D eigenvalue weighted by Gasteiger charge is 2.29. The molecule has 1 aromatic carbocycles. The van der Waals surface area contributed by atoms with Crippen LogP contribution < -0.4 is 24.4 Å². The molecule has 0 bridgehead atoms. The highest BCUT2D eigenvalue weighted by molar-refractivity contribution is 5.79. The van der Waals surface area contributed by atoms with Gasteiger partial charge in [0, 0.05) is 31.8 Å². The zero-order chi connectivity index (χ0) is 33.3.